The normalized spacial score (nSPS) is 14.4. The molecule has 3 rings (SSSR count). The smallest absolute Gasteiger partial charge is 0.191 e. The lowest BCUT2D eigenvalue weighted by Crippen LogP contribution is -2.38. The second kappa shape index (κ2) is 12.1. The summed E-state index contributed by atoms with van der Waals surface area (Å²) in [5.74, 6) is 0.800. The molecule has 1 heterocycles. The minimum atomic E-state index is 0. The first-order valence-electron chi connectivity index (χ1n) is 9.35. The van der Waals surface area contributed by atoms with Crippen molar-refractivity contribution in [3.8, 4) is 0 Å². The van der Waals surface area contributed by atoms with Crippen LogP contribution in [0.3, 0.4) is 0 Å². The second-order valence-corrected chi connectivity index (χ2v) is 6.93. The summed E-state index contributed by atoms with van der Waals surface area (Å²) < 4.78 is 5.41. The first-order valence-corrected chi connectivity index (χ1v) is 9.73. The Morgan fingerprint density at radius 2 is 1.82 bits per heavy atom. The molecule has 0 amide bonds. The van der Waals surface area contributed by atoms with E-state index in [1.54, 1.807) is 7.05 Å². The van der Waals surface area contributed by atoms with Crippen molar-refractivity contribution in [3.63, 3.8) is 0 Å². The predicted octanol–water partition coefficient (Wildman–Crippen LogP) is 3.70. The van der Waals surface area contributed by atoms with E-state index in [1.807, 2.05) is 18.2 Å². The van der Waals surface area contributed by atoms with Gasteiger partial charge in [0.05, 0.1) is 13.2 Å². The molecule has 2 aromatic rings. The van der Waals surface area contributed by atoms with Crippen molar-refractivity contribution in [1.29, 1.82) is 0 Å². The molecule has 1 saturated heterocycles. The number of nitrogens with one attached hydrogen (secondary N) is 2. The van der Waals surface area contributed by atoms with Crippen molar-refractivity contribution in [2.24, 2.45) is 4.99 Å². The van der Waals surface area contributed by atoms with Crippen LogP contribution in [0, 0.1) is 0 Å². The molecular formula is C21H28ClIN4O. The fourth-order valence-electron chi connectivity index (χ4n) is 3.07. The predicted molar refractivity (Wildman–Crippen MR) is 128 cm³/mol. The number of benzene rings is 2. The standard InChI is InChI=1S/C21H27ClN4O.HI/c1-23-21(24-10-9-17-3-2-4-19(22)15-17)25-16-18-5-7-20(8-6-18)26-11-13-27-14-12-26;/h2-8,15H,9-14,16H2,1H3,(H2,23,24,25);1H. The fourth-order valence-corrected chi connectivity index (χ4v) is 3.28. The highest BCUT2D eigenvalue weighted by molar-refractivity contribution is 14.0. The maximum absolute atomic E-state index is 6.03. The average molecular weight is 515 g/mol. The van der Waals surface area contributed by atoms with Crippen LogP contribution in [-0.4, -0.2) is 45.9 Å². The van der Waals surface area contributed by atoms with Crippen LogP contribution in [0.5, 0.6) is 0 Å². The summed E-state index contributed by atoms with van der Waals surface area (Å²) in [7, 11) is 1.79. The van der Waals surface area contributed by atoms with Gasteiger partial charge in [-0.25, -0.2) is 0 Å². The monoisotopic (exact) mass is 514 g/mol. The highest BCUT2D eigenvalue weighted by atomic mass is 127. The number of halogens is 2. The average Bonchev–Trinajstić information content (AvgIpc) is 2.72. The molecular weight excluding hydrogens is 487 g/mol. The van der Waals surface area contributed by atoms with Crippen molar-refractivity contribution in [2.45, 2.75) is 13.0 Å². The van der Waals surface area contributed by atoms with E-state index in [-0.39, 0.29) is 24.0 Å². The fraction of sp³-hybridized carbons (Fsp3) is 0.381. The summed E-state index contributed by atoms with van der Waals surface area (Å²) in [6.45, 7) is 5.07. The van der Waals surface area contributed by atoms with Crippen LogP contribution in [0.15, 0.2) is 53.5 Å². The SMILES string of the molecule is CN=C(NCCc1cccc(Cl)c1)NCc1ccc(N2CCOCC2)cc1.I. The van der Waals surface area contributed by atoms with Crippen LogP contribution in [0.2, 0.25) is 5.02 Å². The quantitative estimate of drug-likeness (QED) is 0.351. The lowest BCUT2D eigenvalue weighted by molar-refractivity contribution is 0.122. The summed E-state index contributed by atoms with van der Waals surface area (Å²) in [6, 6.07) is 16.6. The Bertz CT molecular complexity index is 748. The molecule has 1 aliphatic rings. The van der Waals surface area contributed by atoms with Crippen LogP contribution in [0.1, 0.15) is 11.1 Å². The molecule has 7 heteroatoms. The van der Waals surface area contributed by atoms with Gasteiger partial charge < -0.3 is 20.3 Å². The van der Waals surface area contributed by atoms with Crippen molar-refractivity contribution in [1.82, 2.24) is 10.6 Å². The largest absolute Gasteiger partial charge is 0.378 e. The van der Waals surface area contributed by atoms with E-state index >= 15 is 0 Å². The maximum Gasteiger partial charge on any atom is 0.191 e. The highest BCUT2D eigenvalue weighted by Crippen LogP contribution is 2.16. The van der Waals surface area contributed by atoms with Crippen LogP contribution in [-0.2, 0) is 17.7 Å². The van der Waals surface area contributed by atoms with Crippen LogP contribution in [0.25, 0.3) is 0 Å². The summed E-state index contributed by atoms with van der Waals surface area (Å²) in [5, 5.41) is 7.48. The van der Waals surface area contributed by atoms with Gasteiger partial charge in [-0.3, -0.25) is 4.99 Å². The summed E-state index contributed by atoms with van der Waals surface area (Å²) in [5.41, 5.74) is 3.69. The molecule has 1 fully saturated rings. The molecule has 0 bridgehead atoms. The summed E-state index contributed by atoms with van der Waals surface area (Å²) >= 11 is 6.03. The number of hydrogen-bond acceptors (Lipinski definition) is 3. The number of nitrogens with zero attached hydrogens (tertiary/aromatic N) is 2. The topological polar surface area (TPSA) is 48.9 Å². The van der Waals surface area contributed by atoms with Gasteiger partial charge in [0.1, 0.15) is 0 Å². The van der Waals surface area contributed by atoms with E-state index < -0.39 is 0 Å². The Balaban J connectivity index is 0.00000280. The van der Waals surface area contributed by atoms with E-state index in [1.165, 1.54) is 16.8 Å². The third kappa shape index (κ3) is 7.14. The molecule has 0 aromatic heterocycles. The van der Waals surface area contributed by atoms with Crippen LogP contribution in [0.4, 0.5) is 5.69 Å². The lowest BCUT2D eigenvalue weighted by atomic mass is 10.1. The van der Waals surface area contributed by atoms with E-state index in [9.17, 15) is 0 Å². The Labute approximate surface area is 189 Å². The molecule has 0 radical (unpaired) electrons. The third-order valence-corrected chi connectivity index (χ3v) is 4.83. The first-order chi connectivity index (χ1) is 13.2. The van der Waals surface area contributed by atoms with E-state index in [2.05, 4.69) is 50.9 Å². The van der Waals surface area contributed by atoms with Gasteiger partial charge >= 0.3 is 0 Å². The minimum Gasteiger partial charge on any atom is -0.378 e. The zero-order valence-corrected chi connectivity index (χ0v) is 19.2. The Morgan fingerprint density at radius 3 is 2.50 bits per heavy atom. The molecule has 2 aromatic carbocycles. The van der Waals surface area contributed by atoms with Gasteiger partial charge in [-0.1, -0.05) is 35.9 Å². The number of aliphatic imine (C=N–C) groups is 1. The molecule has 1 aliphatic heterocycles. The molecule has 0 saturated carbocycles. The third-order valence-electron chi connectivity index (χ3n) is 4.59. The number of anilines is 1. The molecule has 2 N–H and O–H groups in total. The summed E-state index contributed by atoms with van der Waals surface area (Å²) in [4.78, 5) is 6.65. The van der Waals surface area contributed by atoms with Gasteiger partial charge in [0.15, 0.2) is 5.96 Å². The Hall–Kier alpha value is -1.51. The Morgan fingerprint density at radius 1 is 1.07 bits per heavy atom. The van der Waals surface area contributed by atoms with Crippen LogP contribution >= 0.6 is 35.6 Å². The van der Waals surface area contributed by atoms with Crippen molar-refractivity contribution >= 4 is 47.2 Å². The molecule has 0 atom stereocenters. The van der Waals surface area contributed by atoms with Gasteiger partial charge in [0, 0.05) is 43.9 Å². The molecule has 0 unspecified atom stereocenters. The van der Waals surface area contributed by atoms with E-state index in [0.717, 1.165) is 56.8 Å². The number of hydrogen-bond donors (Lipinski definition) is 2. The lowest BCUT2D eigenvalue weighted by Gasteiger charge is -2.28. The number of rotatable bonds is 6. The zero-order chi connectivity index (χ0) is 18.9. The zero-order valence-electron chi connectivity index (χ0n) is 16.2. The summed E-state index contributed by atoms with van der Waals surface area (Å²) in [6.07, 6.45) is 0.898. The maximum atomic E-state index is 6.03. The van der Waals surface area contributed by atoms with Crippen LogP contribution < -0.4 is 15.5 Å². The van der Waals surface area contributed by atoms with Gasteiger partial charge in [-0.2, -0.15) is 0 Å². The molecule has 28 heavy (non-hydrogen) atoms. The minimum absolute atomic E-state index is 0. The van der Waals surface area contributed by atoms with Gasteiger partial charge in [-0.05, 0) is 41.8 Å². The highest BCUT2D eigenvalue weighted by Gasteiger charge is 2.10. The Kier molecular flexibility index (Phi) is 9.87. The van der Waals surface area contributed by atoms with Gasteiger partial charge in [0.2, 0.25) is 0 Å². The van der Waals surface area contributed by atoms with Gasteiger partial charge in [-0.15, -0.1) is 24.0 Å². The van der Waals surface area contributed by atoms with E-state index in [0.29, 0.717) is 0 Å². The molecule has 5 nitrogen and oxygen atoms in total. The number of morpholine rings is 1. The first kappa shape index (κ1) is 22.8. The molecule has 0 spiro atoms. The van der Waals surface area contributed by atoms with Crippen molar-refractivity contribution in [2.75, 3.05) is 44.8 Å². The molecule has 152 valence electrons. The molecule has 0 aliphatic carbocycles. The van der Waals surface area contributed by atoms with Crippen molar-refractivity contribution < 1.29 is 4.74 Å². The van der Waals surface area contributed by atoms with E-state index in [4.69, 9.17) is 16.3 Å². The second-order valence-electron chi connectivity index (χ2n) is 6.50. The van der Waals surface area contributed by atoms with Gasteiger partial charge in [0.25, 0.3) is 0 Å². The van der Waals surface area contributed by atoms with Crippen molar-refractivity contribution in [3.05, 3.63) is 64.7 Å². The number of guanidine groups is 1. The number of ether oxygens (including phenoxy) is 1.